The van der Waals surface area contributed by atoms with E-state index in [4.69, 9.17) is 0 Å². The smallest absolute Gasteiger partial charge is 0.230 e. The Hall–Kier alpha value is -2.08. The van der Waals surface area contributed by atoms with E-state index >= 15 is 0 Å². The number of pyridine rings is 1. The van der Waals surface area contributed by atoms with Gasteiger partial charge in [0.25, 0.3) is 0 Å². The van der Waals surface area contributed by atoms with Crippen LogP contribution in [0, 0.1) is 24.7 Å². The molecule has 4 saturated carbocycles. The molecule has 29 heavy (non-hydrogen) atoms. The average Bonchev–Trinajstić information content (AvgIpc) is 3.08. The fraction of sp³-hybridized carbons (Fsp3) is 0.522. The van der Waals surface area contributed by atoms with E-state index in [1.54, 1.807) is 0 Å². The Balaban J connectivity index is 1.22. The minimum absolute atomic E-state index is 0.0725. The number of nitrogens with one attached hydrogen (secondary N) is 1. The monoisotopic (exact) mass is 406 g/mol. The van der Waals surface area contributed by atoms with Gasteiger partial charge in [-0.15, -0.1) is 10.2 Å². The molecule has 1 N–H and O–H groups in total. The topological polar surface area (TPSA) is 59.3 Å². The van der Waals surface area contributed by atoms with Crippen molar-refractivity contribution in [3.8, 4) is 0 Å². The summed E-state index contributed by atoms with van der Waals surface area (Å²) in [7, 11) is 0. The lowest BCUT2D eigenvalue weighted by Gasteiger charge is -2.56. The van der Waals surface area contributed by atoms with Gasteiger partial charge in [-0.1, -0.05) is 30.0 Å². The van der Waals surface area contributed by atoms with E-state index in [1.165, 1.54) is 61.2 Å². The zero-order chi connectivity index (χ0) is 19.6. The largest absolute Gasteiger partial charge is 0.350 e. The first kappa shape index (κ1) is 17.8. The molecule has 1 amide bonds. The van der Waals surface area contributed by atoms with E-state index in [0.717, 1.165) is 34.1 Å². The molecule has 0 saturated heterocycles. The summed E-state index contributed by atoms with van der Waals surface area (Å²) in [6.45, 7) is 2.10. The normalized spacial score (nSPS) is 30.3. The van der Waals surface area contributed by atoms with Gasteiger partial charge in [0.2, 0.25) is 5.91 Å². The molecule has 0 radical (unpaired) electrons. The van der Waals surface area contributed by atoms with Crippen LogP contribution in [0.4, 0.5) is 0 Å². The summed E-state index contributed by atoms with van der Waals surface area (Å²) >= 11 is 1.49. The van der Waals surface area contributed by atoms with E-state index in [2.05, 4.69) is 51.1 Å². The zero-order valence-electron chi connectivity index (χ0n) is 16.7. The predicted molar refractivity (Wildman–Crippen MR) is 115 cm³/mol. The number of aryl methyl sites for hydroxylation is 1. The Morgan fingerprint density at radius 2 is 1.83 bits per heavy atom. The molecule has 4 aliphatic rings. The number of fused-ring (bicyclic) bond motifs is 3. The molecule has 150 valence electrons. The molecular formula is C23H26N4OS. The first-order valence-electron chi connectivity index (χ1n) is 10.8. The number of benzene rings is 1. The van der Waals surface area contributed by atoms with Gasteiger partial charge in [-0.25, -0.2) is 0 Å². The Kier molecular flexibility index (Phi) is 3.95. The molecule has 0 aliphatic heterocycles. The van der Waals surface area contributed by atoms with E-state index in [-0.39, 0.29) is 11.4 Å². The van der Waals surface area contributed by atoms with Crippen LogP contribution >= 0.6 is 11.8 Å². The molecule has 0 atom stereocenters. The summed E-state index contributed by atoms with van der Waals surface area (Å²) in [5, 5.41) is 14.2. The van der Waals surface area contributed by atoms with Crippen LogP contribution in [0.25, 0.3) is 16.6 Å². The summed E-state index contributed by atoms with van der Waals surface area (Å²) in [5.74, 6) is 3.05. The van der Waals surface area contributed by atoms with Crippen molar-refractivity contribution in [2.75, 3.05) is 5.75 Å². The summed E-state index contributed by atoms with van der Waals surface area (Å²) in [6, 6.07) is 10.4. The van der Waals surface area contributed by atoms with Crippen LogP contribution in [0.2, 0.25) is 0 Å². The highest BCUT2D eigenvalue weighted by molar-refractivity contribution is 7.99. The molecular weight excluding hydrogens is 380 g/mol. The van der Waals surface area contributed by atoms with Crippen LogP contribution in [0.3, 0.4) is 0 Å². The standard InChI is InChI=1S/C23H26N4OS/c1-14-6-20-25-26-22(27(20)19-5-3-2-4-18(14)19)29-13-21(28)24-23-10-15-7-16(11-23)9-17(8-15)12-23/h2-6,15-17H,7-13H2,1H3,(H,24,28). The third kappa shape index (κ3) is 2.95. The molecule has 4 aliphatic carbocycles. The molecule has 2 heterocycles. The SMILES string of the molecule is Cc1cc2nnc(SCC(=O)NC34CC5CC(CC(C5)C3)C4)n2c2ccccc12. The van der Waals surface area contributed by atoms with Gasteiger partial charge in [0.15, 0.2) is 10.8 Å². The summed E-state index contributed by atoms with van der Waals surface area (Å²) in [6.07, 6.45) is 7.74. The van der Waals surface area contributed by atoms with Crippen molar-refractivity contribution in [2.24, 2.45) is 17.8 Å². The second-order valence-electron chi connectivity index (χ2n) is 9.56. The fourth-order valence-corrected chi connectivity index (χ4v) is 7.45. The van der Waals surface area contributed by atoms with Gasteiger partial charge in [0, 0.05) is 10.9 Å². The first-order valence-corrected chi connectivity index (χ1v) is 11.7. The maximum absolute atomic E-state index is 12.9. The van der Waals surface area contributed by atoms with Gasteiger partial charge in [0.1, 0.15) is 0 Å². The number of carbonyl (C=O) groups excluding carboxylic acids is 1. The number of aromatic nitrogens is 3. The third-order valence-corrected chi connectivity index (χ3v) is 8.28. The molecule has 4 fully saturated rings. The lowest BCUT2D eigenvalue weighted by Crippen LogP contribution is -2.60. The molecule has 4 bridgehead atoms. The lowest BCUT2D eigenvalue weighted by atomic mass is 9.53. The van der Waals surface area contributed by atoms with Crippen molar-refractivity contribution in [1.29, 1.82) is 0 Å². The average molecular weight is 407 g/mol. The number of hydrogen-bond acceptors (Lipinski definition) is 4. The summed E-state index contributed by atoms with van der Waals surface area (Å²) in [4.78, 5) is 12.9. The van der Waals surface area contributed by atoms with Crippen LogP contribution in [-0.2, 0) is 4.79 Å². The molecule has 6 heteroatoms. The van der Waals surface area contributed by atoms with Crippen molar-refractivity contribution in [1.82, 2.24) is 19.9 Å². The van der Waals surface area contributed by atoms with Crippen molar-refractivity contribution >= 4 is 34.2 Å². The maximum Gasteiger partial charge on any atom is 0.230 e. The number of para-hydroxylation sites is 1. The predicted octanol–water partition coefficient (Wildman–Crippen LogP) is 4.37. The Morgan fingerprint density at radius 3 is 2.55 bits per heavy atom. The molecule has 1 aromatic carbocycles. The van der Waals surface area contributed by atoms with Crippen LogP contribution in [0.5, 0.6) is 0 Å². The van der Waals surface area contributed by atoms with Crippen LogP contribution in [0.15, 0.2) is 35.5 Å². The second kappa shape index (κ2) is 6.46. The number of amides is 1. The van der Waals surface area contributed by atoms with Crippen molar-refractivity contribution in [2.45, 2.75) is 56.1 Å². The minimum atomic E-state index is 0.0725. The van der Waals surface area contributed by atoms with E-state index in [9.17, 15) is 4.79 Å². The number of carbonyl (C=O) groups is 1. The second-order valence-corrected chi connectivity index (χ2v) is 10.5. The van der Waals surface area contributed by atoms with Gasteiger partial charge in [-0.3, -0.25) is 9.20 Å². The van der Waals surface area contributed by atoms with Gasteiger partial charge in [-0.2, -0.15) is 0 Å². The van der Waals surface area contributed by atoms with Crippen molar-refractivity contribution in [3.63, 3.8) is 0 Å². The van der Waals surface area contributed by atoms with Gasteiger partial charge in [-0.05, 0) is 80.9 Å². The number of rotatable bonds is 4. The quantitative estimate of drug-likeness (QED) is 0.654. The molecule has 3 aromatic rings. The molecule has 0 unspecified atom stereocenters. The van der Waals surface area contributed by atoms with Crippen LogP contribution in [-0.4, -0.2) is 31.8 Å². The highest BCUT2D eigenvalue weighted by Gasteiger charge is 2.51. The number of hydrogen-bond donors (Lipinski definition) is 1. The summed E-state index contributed by atoms with van der Waals surface area (Å²) < 4.78 is 2.07. The van der Waals surface area contributed by atoms with Gasteiger partial charge < -0.3 is 5.32 Å². The number of nitrogens with zero attached hydrogens (tertiary/aromatic N) is 3. The lowest BCUT2D eigenvalue weighted by molar-refractivity contribution is -0.124. The van der Waals surface area contributed by atoms with E-state index in [0.29, 0.717) is 5.75 Å². The minimum Gasteiger partial charge on any atom is -0.350 e. The van der Waals surface area contributed by atoms with Crippen LogP contribution < -0.4 is 5.32 Å². The van der Waals surface area contributed by atoms with Crippen LogP contribution in [0.1, 0.15) is 44.1 Å². The third-order valence-electron chi connectivity index (χ3n) is 7.35. The van der Waals surface area contributed by atoms with E-state index in [1.807, 2.05) is 6.07 Å². The fourth-order valence-electron chi connectivity index (χ4n) is 6.69. The van der Waals surface area contributed by atoms with E-state index < -0.39 is 0 Å². The molecule has 2 aromatic heterocycles. The Labute approximate surface area is 174 Å². The zero-order valence-corrected chi connectivity index (χ0v) is 17.5. The highest BCUT2D eigenvalue weighted by atomic mass is 32.2. The maximum atomic E-state index is 12.9. The first-order chi connectivity index (χ1) is 14.1. The molecule has 7 rings (SSSR count). The van der Waals surface area contributed by atoms with Gasteiger partial charge >= 0.3 is 0 Å². The Bertz CT molecular complexity index is 1090. The molecule has 0 spiro atoms. The number of thioether (sulfide) groups is 1. The summed E-state index contributed by atoms with van der Waals surface area (Å²) in [5.41, 5.74) is 3.20. The van der Waals surface area contributed by atoms with Crippen molar-refractivity contribution < 1.29 is 4.79 Å². The van der Waals surface area contributed by atoms with Crippen molar-refractivity contribution in [3.05, 3.63) is 35.9 Å². The molecule has 5 nitrogen and oxygen atoms in total. The Morgan fingerprint density at radius 1 is 1.14 bits per heavy atom. The van der Waals surface area contributed by atoms with Gasteiger partial charge in [0.05, 0.1) is 11.3 Å². The highest BCUT2D eigenvalue weighted by Crippen LogP contribution is 2.55.